The molecule has 2 atom stereocenters. The maximum absolute atomic E-state index is 5.79. The molecule has 2 heteroatoms. The molecule has 0 spiro atoms. The van der Waals surface area contributed by atoms with Crippen LogP contribution in [0.25, 0.3) is 0 Å². The molecular formula is C13H21NO. The highest BCUT2D eigenvalue weighted by Gasteiger charge is 2.06. The van der Waals surface area contributed by atoms with Crippen molar-refractivity contribution in [3.63, 3.8) is 0 Å². The van der Waals surface area contributed by atoms with Crippen LogP contribution in [0.5, 0.6) is 5.75 Å². The van der Waals surface area contributed by atoms with Gasteiger partial charge in [0.05, 0.1) is 6.61 Å². The average Bonchev–Trinajstić information content (AvgIpc) is 2.25. The van der Waals surface area contributed by atoms with Crippen LogP contribution >= 0.6 is 0 Å². The van der Waals surface area contributed by atoms with E-state index < -0.39 is 0 Å². The molecular weight excluding hydrogens is 186 g/mol. The van der Waals surface area contributed by atoms with E-state index in [2.05, 4.69) is 13.8 Å². The van der Waals surface area contributed by atoms with Crippen LogP contribution in [-0.2, 0) is 0 Å². The first-order valence-corrected chi connectivity index (χ1v) is 5.63. The average molecular weight is 207 g/mol. The summed E-state index contributed by atoms with van der Waals surface area (Å²) in [6, 6.07) is 10.2. The summed E-state index contributed by atoms with van der Waals surface area (Å²) in [5.41, 5.74) is 5.79. The number of nitrogens with two attached hydrogens (primary N) is 1. The van der Waals surface area contributed by atoms with Gasteiger partial charge in [-0.1, -0.05) is 25.1 Å². The van der Waals surface area contributed by atoms with Gasteiger partial charge in [0.1, 0.15) is 5.75 Å². The number of hydrogen-bond donors (Lipinski definition) is 1. The minimum Gasteiger partial charge on any atom is -0.494 e. The van der Waals surface area contributed by atoms with E-state index in [1.807, 2.05) is 30.3 Å². The fourth-order valence-electron chi connectivity index (χ4n) is 1.37. The second-order valence-corrected chi connectivity index (χ2v) is 4.14. The summed E-state index contributed by atoms with van der Waals surface area (Å²) >= 11 is 0. The molecule has 0 saturated carbocycles. The first-order valence-electron chi connectivity index (χ1n) is 5.63. The Bertz CT molecular complexity index is 258. The van der Waals surface area contributed by atoms with Gasteiger partial charge in [0.15, 0.2) is 0 Å². The molecule has 0 radical (unpaired) electrons. The summed E-state index contributed by atoms with van der Waals surface area (Å²) in [6.45, 7) is 5.02. The minimum absolute atomic E-state index is 0.279. The van der Waals surface area contributed by atoms with Gasteiger partial charge in [-0.2, -0.15) is 0 Å². The zero-order chi connectivity index (χ0) is 11.1. The van der Waals surface area contributed by atoms with Crippen LogP contribution < -0.4 is 10.5 Å². The third-order valence-electron chi connectivity index (χ3n) is 2.71. The lowest BCUT2D eigenvalue weighted by Crippen LogP contribution is -2.24. The van der Waals surface area contributed by atoms with E-state index in [-0.39, 0.29) is 6.04 Å². The molecule has 0 fully saturated rings. The molecule has 15 heavy (non-hydrogen) atoms. The van der Waals surface area contributed by atoms with E-state index in [0.717, 1.165) is 25.2 Å². The van der Waals surface area contributed by atoms with E-state index in [9.17, 15) is 0 Å². The topological polar surface area (TPSA) is 35.2 Å². The van der Waals surface area contributed by atoms with Crippen LogP contribution in [0.15, 0.2) is 30.3 Å². The highest BCUT2D eigenvalue weighted by atomic mass is 16.5. The SMILES string of the molecule is CC(N)C(C)CCCOc1ccccc1. The molecule has 0 bridgehead atoms. The van der Waals surface area contributed by atoms with Crippen molar-refractivity contribution in [3.05, 3.63) is 30.3 Å². The largest absolute Gasteiger partial charge is 0.494 e. The molecule has 1 aromatic rings. The fourth-order valence-corrected chi connectivity index (χ4v) is 1.37. The standard InChI is InChI=1S/C13H21NO/c1-11(12(2)14)7-6-10-15-13-8-4-3-5-9-13/h3-5,8-9,11-12H,6-7,10,14H2,1-2H3. The highest BCUT2D eigenvalue weighted by Crippen LogP contribution is 2.12. The van der Waals surface area contributed by atoms with Crippen molar-refractivity contribution in [2.45, 2.75) is 32.7 Å². The van der Waals surface area contributed by atoms with Crippen LogP contribution in [0.1, 0.15) is 26.7 Å². The maximum Gasteiger partial charge on any atom is 0.119 e. The monoisotopic (exact) mass is 207 g/mol. The first kappa shape index (κ1) is 12.1. The molecule has 2 nitrogen and oxygen atoms in total. The molecule has 0 aliphatic heterocycles. The van der Waals surface area contributed by atoms with Gasteiger partial charge in [0, 0.05) is 6.04 Å². The van der Waals surface area contributed by atoms with E-state index in [0.29, 0.717) is 5.92 Å². The van der Waals surface area contributed by atoms with Gasteiger partial charge in [0.25, 0.3) is 0 Å². The lowest BCUT2D eigenvalue weighted by molar-refractivity contribution is 0.289. The lowest BCUT2D eigenvalue weighted by Gasteiger charge is -2.15. The van der Waals surface area contributed by atoms with E-state index in [1.165, 1.54) is 0 Å². The van der Waals surface area contributed by atoms with Gasteiger partial charge in [-0.25, -0.2) is 0 Å². The predicted octanol–water partition coefficient (Wildman–Crippen LogP) is 2.83. The number of benzene rings is 1. The zero-order valence-electron chi connectivity index (χ0n) is 9.65. The van der Waals surface area contributed by atoms with Crippen molar-refractivity contribution in [1.82, 2.24) is 0 Å². The van der Waals surface area contributed by atoms with Crippen molar-refractivity contribution in [1.29, 1.82) is 0 Å². The van der Waals surface area contributed by atoms with Crippen molar-refractivity contribution in [2.24, 2.45) is 11.7 Å². The third-order valence-corrected chi connectivity index (χ3v) is 2.71. The Kier molecular flexibility index (Phi) is 5.19. The Morgan fingerprint density at radius 3 is 2.47 bits per heavy atom. The molecule has 1 rings (SSSR count). The Morgan fingerprint density at radius 1 is 1.20 bits per heavy atom. The van der Waals surface area contributed by atoms with E-state index in [4.69, 9.17) is 10.5 Å². The molecule has 0 heterocycles. The van der Waals surface area contributed by atoms with Crippen LogP contribution in [0.3, 0.4) is 0 Å². The molecule has 0 aromatic heterocycles. The normalized spacial score (nSPS) is 14.6. The lowest BCUT2D eigenvalue weighted by atomic mass is 9.99. The number of rotatable bonds is 6. The van der Waals surface area contributed by atoms with Gasteiger partial charge in [-0.15, -0.1) is 0 Å². The Morgan fingerprint density at radius 2 is 1.87 bits per heavy atom. The molecule has 84 valence electrons. The summed E-state index contributed by atoms with van der Waals surface area (Å²) in [5.74, 6) is 1.52. The van der Waals surface area contributed by atoms with E-state index in [1.54, 1.807) is 0 Å². The Hall–Kier alpha value is -1.02. The molecule has 0 amide bonds. The van der Waals surface area contributed by atoms with E-state index >= 15 is 0 Å². The van der Waals surface area contributed by atoms with Crippen LogP contribution in [0.4, 0.5) is 0 Å². The summed E-state index contributed by atoms with van der Waals surface area (Å²) in [7, 11) is 0. The van der Waals surface area contributed by atoms with Crippen LogP contribution in [0.2, 0.25) is 0 Å². The first-order chi connectivity index (χ1) is 7.20. The molecule has 0 aliphatic carbocycles. The number of hydrogen-bond acceptors (Lipinski definition) is 2. The smallest absolute Gasteiger partial charge is 0.119 e. The quantitative estimate of drug-likeness (QED) is 0.728. The molecule has 0 saturated heterocycles. The number of para-hydroxylation sites is 1. The van der Waals surface area contributed by atoms with Crippen molar-refractivity contribution in [3.8, 4) is 5.75 Å². The fraction of sp³-hybridized carbons (Fsp3) is 0.538. The third kappa shape index (κ3) is 4.84. The molecule has 1 aromatic carbocycles. The Balaban J connectivity index is 2.12. The predicted molar refractivity (Wildman–Crippen MR) is 64.0 cm³/mol. The van der Waals surface area contributed by atoms with Gasteiger partial charge < -0.3 is 10.5 Å². The van der Waals surface area contributed by atoms with Crippen molar-refractivity contribution < 1.29 is 4.74 Å². The van der Waals surface area contributed by atoms with Gasteiger partial charge in [0.2, 0.25) is 0 Å². The van der Waals surface area contributed by atoms with Crippen molar-refractivity contribution in [2.75, 3.05) is 6.61 Å². The van der Waals surface area contributed by atoms with Gasteiger partial charge in [-0.05, 0) is 37.8 Å². The molecule has 2 unspecified atom stereocenters. The molecule has 0 aliphatic rings. The Labute approximate surface area is 92.4 Å². The van der Waals surface area contributed by atoms with Gasteiger partial charge in [-0.3, -0.25) is 0 Å². The summed E-state index contributed by atoms with van der Waals surface area (Å²) in [6.07, 6.45) is 2.20. The highest BCUT2D eigenvalue weighted by molar-refractivity contribution is 5.20. The summed E-state index contributed by atoms with van der Waals surface area (Å²) in [5, 5.41) is 0. The van der Waals surface area contributed by atoms with Crippen molar-refractivity contribution >= 4 is 0 Å². The minimum atomic E-state index is 0.279. The number of ether oxygens (including phenoxy) is 1. The second-order valence-electron chi connectivity index (χ2n) is 4.14. The van der Waals surface area contributed by atoms with Gasteiger partial charge >= 0.3 is 0 Å². The maximum atomic E-state index is 5.79. The summed E-state index contributed by atoms with van der Waals surface area (Å²) < 4.78 is 5.60. The second kappa shape index (κ2) is 6.46. The zero-order valence-corrected chi connectivity index (χ0v) is 9.65. The van der Waals surface area contributed by atoms with Crippen LogP contribution in [-0.4, -0.2) is 12.6 Å². The summed E-state index contributed by atoms with van der Waals surface area (Å²) in [4.78, 5) is 0. The molecule has 2 N–H and O–H groups in total. The van der Waals surface area contributed by atoms with Crippen LogP contribution in [0, 0.1) is 5.92 Å².